The second-order valence-electron chi connectivity index (χ2n) is 11.4. The average Bonchev–Trinajstić information content (AvgIpc) is 3.60. The lowest BCUT2D eigenvalue weighted by Crippen LogP contribution is -2.32. The lowest BCUT2D eigenvalue weighted by Gasteiger charge is -2.23. The van der Waals surface area contributed by atoms with Crippen molar-refractivity contribution in [1.29, 1.82) is 0 Å². The largest absolute Gasteiger partial charge is 0.393 e. The standard InChI is InChI=1S/C28H34N4O2S2/c1-28-12-21(33)11-20(28)15-32(16-28)27(34)19-5-6-23-24(10-19)36-26(31-23)9-18-4-3-17(7-18)8-25-29-13-22(35-2)14-30-25/h5-6,10,13-14,17-18,20-21,33H,3-4,7-9,11-12,15-16H2,1-2H3/t17-,18-,20-,21-,28+/m0/s1. The van der Waals surface area contributed by atoms with Crippen molar-refractivity contribution in [3.05, 3.63) is 47.0 Å². The summed E-state index contributed by atoms with van der Waals surface area (Å²) in [5, 5.41) is 11.2. The number of aromatic nitrogens is 3. The normalized spacial score (nSPS) is 29.8. The van der Waals surface area contributed by atoms with E-state index in [2.05, 4.69) is 16.9 Å². The summed E-state index contributed by atoms with van der Waals surface area (Å²) in [6.07, 6.45) is 13.0. The number of nitrogens with zero attached hydrogens (tertiary/aromatic N) is 4. The van der Waals surface area contributed by atoms with Gasteiger partial charge in [0.25, 0.3) is 5.91 Å². The number of hydrogen-bond acceptors (Lipinski definition) is 7. The molecule has 0 unspecified atom stereocenters. The summed E-state index contributed by atoms with van der Waals surface area (Å²) in [5.74, 6) is 2.79. The molecule has 1 N–H and O–H groups in total. The molecule has 1 aliphatic heterocycles. The maximum atomic E-state index is 13.3. The summed E-state index contributed by atoms with van der Waals surface area (Å²) >= 11 is 3.42. The smallest absolute Gasteiger partial charge is 0.253 e. The van der Waals surface area contributed by atoms with E-state index in [4.69, 9.17) is 4.98 Å². The van der Waals surface area contributed by atoms with Gasteiger partial charge in [0.15, 0.2) is 0 Å². The Kier molecular flexibility index (Phi) is 6.55. The van der Waals surface area contributed by atoms with Crippen LogP contribution in [0.4, 0.5) is 0 Å². The van der Waals surface area contributed by atoms with E-state index in [1.54, 1.807) is 23.1 Å². The molecule has 1 saturated heterocycles. The highest BCUT2D eigenvalue weighted by molar-refractivity contribution is 7.98. The highest BCUT2D eigenvalue weighted by Gasteiger charge is 2.50. The molecule has 0 radical (unpaired) electrons. The van der Waals surface area contributed by atoms with E-state index < -0.39 is 0 Å². The molecule has 6 nitrogen and oxygen atoms in total. The number of amides is 1. The zero-order valence-electron chi connectivity index (χ0n) is 21.0. The van der Waals surface area contributed by atoms with Gasteiger partial charge < -0.3 is 10.0 Å². The third-order valence-electron chi connectivity index (χ3n) is 8.71. The first kappa shape index (κ1) is 24.3. The van der Waals surface area contributed by atoms with Crippen molar-refractivity contribution >= 4 is 39.2 Å². The van der Waals surface area contributed by atoms with E-state index in [9.17, 15) is 9.90 Å². The van der Waals surface area contributed by atoms with Crippen LogP contribution >= 0.6 is 23.1 Å². The predicted octanol–water partition coefficient (Wildman–Crippen LogP) is 5.24. The van der Waals surface area contributed by atoms with Gasteiger partial charge in [-0.15, -0.1) is 23.1 Å². The Bertz CT molecular complexity index is 1260. The van der Waals surface area contributed by atoms with Crippen LogP contribution in [-0.2, 0) is 12.8 Å². The predicted molar refractivity (Wildman–Crippen MR) is 144 cm³/mol. The van der Waals surface area contributed by atoms with Crippen LogP contribution in [0.15, 0.2) is 35.5 Å². The molecule has 3 aliphatic rings. The molecular formula is C28H34N4O2S2. The first-order chi connectivity index (χ1) is 17.4. The molecule has 5 atom stereocenters. The quantitative estimate of drug-likeness (QED) is 0.446. The van der Waals surface area contributed by atoms with E-state index >= 15 is 0 Å². The summed E-state index contributed by atoms with van der Waals surface area (Å²) in [6.45, 7) is 3.73. The Morgan fingerprint density at radius 1 is 1.19 bits per heavy atom. The number of aliphatic hydroxyl groups excluding tert-OH is 1. The van der Waals surface area contributed by atoms with E-state index in [-0.39, 0.29) is 17.4 Å². The van der Waals surface area contributed by atoms with Crippen LogP contribution in [0.5, 0.6) is 0 Å². The minimum atomic E-state index is -0.209. The molecule has 1 amide bonds. The monoisotopic (exact) mass is 522 g/mol. The maximum absolute atomic E-state index is 13.3. The summed E-state index contributed by atoms with van der Waals surface area (Å²) in [6, 6.07) is 5.99. The maximum Gasteiger partial charge on any atom is 0.253 e. The van der Waals surface area contributed by atoms with Crippen LogP contribution < -0.4 is 0 Å². The highest BCUT2D eigenvalue weighted by Crippen LogP contribution is 2.48. The average molecular weight is 523 g/mol. The molecule has 0 spiro atoms. The van der Waals surface area contributed by atoms with Crippen LogP contribution in [0.25, 0.3) is 10.2 Å². The molecule has 3 fully saturated rings. The molecule has 8 heteroatoms. The van der Waals surface area contributed by atoms with Gasteiger partial charge in [0.2, 0.25) is 0 Å². The lowest BCUT2D eigenvalue weighted by atomic mass is 9.83. The van der Waals surface area contributed by atoms with Crippen molar-refractivity contribution in [2.75, 3.05) is 19.3 Å². The molecule has 0 bridgehead atoms. The topological polar surface area (TPSA) is 79.2 Å². The fraction of sp³-hybridized carbons (Fsp3) is 0.571. The molecule has 2 saturated carbocycles. The SMILES string of the molecule is CSc1cnc(C[C@H]2CC[C@H](Cc3nc4ccc(C(=O)N5C[C@@H]6C[C@H](O)C[C@]6(C)C5)cc4s3)C2)nc1. The Balaban J connectivity index is 1.08. The van der Waals surface area contributed by atoms with Gasteiger partial charge in [-0.1, -0.05) is 6.92 Å². The number of carbonyl (C=O) groups excluding carboxylic acids is 1. The minimum absolute atomic E-state index is 0.0557. The van der Waals surface area contributed by atoms with Gasteiger partial charge in [-0.3, -0.25) is 4.79 Å². The second-order valence-corrected chi connectivity index (χ2v) is 13.4. The molecule has 190 valence electrons. The number of benzene rings is 1. The highest BCUT2D eigenvalue weighted by atomic mass is 32.2. The fourth-order valence-corrected chi connectivity index (χ4v) is 8.23. The molecule has 2 aromatic heterocycles. The number of hydrogen-bond donors (Lipinski definition) is 1. The van der Waals surface area contributed by atoms with Crippen LogP contribution in [-0.4, -0.2) is 56.3 Å². The summed E-state index contributed by atoms with van der Waals surface area (Å²) in [7, 11) is 0. The van der Waals surface area contributed by atoms with E-state index in [0.29, 0.717) is 17.8 Å². The number of thioether (sulfide) groups is 1. The van der Waals surface area contributed by atoms with Gasteiger partial charge in [-0.2, -0.15) is 0 Å². The molecule has 3 heterocycles. The van der Waals surface area contributed by atoms with Gasteiger partial charge in [0.1, 0.15) is 5.82 Å². The lowest BCUT2D eigenvalue weighted by molar-refractivity contribution is 0.0749. The zero-order valence-corrected chi connectivity index (χ0v) is 22.7. The summed E-state index contributed by atoms with van der Waals surface area (Å²) in [4.78, 5) is 30.4. The van der Waals surface area contributed by atoms with Gasteiger partial charge in [0.05, 0.1) is 21.3 Å². The molecular weight excluding hydrogens is 488 g/mol. The van der Waals surface area contributed by atoms with Crippen molar-refractivity contribution in [2.45, 2.75) is 62.9 Å². The van der Waals surface area contributed by atoms with Crippen LogP contribution in [0, 0.1) is 23.2 Å². The molecule has 1 aromatic carbocycles. The fourth-order valence-electron chi connectivity index (χ4n) is 6.79. The Morgan fingerprint density at radius 2 is 1.97 bits per heavy atom. The molecule has 36 heavy (non-hydrogen) atoms. The van der Waals surface area contributed by atoms with Crippen LogP contribution in [0.1, 0.15) is 60.2 Å². The number of rotatable bonds is 6. The minimum Gasteiger partial charge on any atom is -0.393 e. The van der Waals surface area contributed by atoms with Crippen molar-refractivity contribution < 1.29 is 9.90 Å². The first-order valence-electron chi connectivity index (χ1n) is 13.1. The Morgan fingerprint density at radius 3 is 2.72 bits per heavy atom. The van der Waals surface area contributed by atoms with Gasteiger partial charge in [-0.05, 0) is 79.7 Å². The number of aliphatic hydroxyl groups is 1. The second kappa shape index (κ2) is 9.69. The Hall–Kier alpha value is -2.03. The molecule has 3 aromatic rings. The number of fused-ring (bicyclic) bond motifs is 2. The number of thiazole rings is 1. The van der Waals surface area contributed by atoms with Crippen molar-refractivity contribution in [3.63, 3.8) is 0 Å². The van der Waals surface area contributed by atoms with Crippen LogP contribution in [0.2, 0.25) is 0 Å². The third-order valence-corrected chi connectivity index (χ3v) is 10.4. The summed E-state index contributed by atoms with van der Waals surface area (Å²) < 4.78 is 1.11. The first-order valence-corrected chi connectivity index (χ1v) is 15.1. The van der Waals surface area contributed by atoms with Crippen molar-refractivity contribution in [1.82, 2.24) is 19.9 Å². The van der Waals surface area contributed by atoms with Gasteiger partial charge in [-0.25, -0.2) is 15.0 Å². The van der Waals surface area contributed by atoms with Crippen LogP contribution in [0.3, 0.4) is 0 Å². The van der Waals surface area contributed by atoms with E-state index in [1.807, 2.05) is 41.7 Å². The van der Waals surface area contributed by atoms with E-state index in [0.717, 1.165) is 65.3 Å². The zero-order chi connectivity index (χ0) is 24.9. The Labute approximate surface area is 220 Å². The number of likely N-dealkylation sites (tertiary alicyclic amines) is 1. The summed E-state index contributed by atoms with van der Waals surface area (Å²) in [5.41, 5.74) is 1.81. The molecule has 6 rings (SSSR count). The third kappa shape index (κ3) is 4.79. The van der Waals surface area contributed by atoms with Crippen molar-refractivity contribution in [3.8, 4) is 0 Å². The van der Waals surface area contributed by atoms with Gasteiger partial charge >= 0.3 is 0 Å². The molecule has 2 aliphatic carbocycles. The van der Waals surface area contributed by atoms with E-state index in [1.165, 1.54) is 24.3 Å². The van der Waals surface area contributed by atoms with Crippen molar-refractivity contribution in [2.24, 2.45) is 23.2 Å². The number of carbonyl (C=O) groups is 1. The van der Waals surface area contributed by atoms with Gasteiger partial charge in [0, 0.05) is 48.8 Å².